The van der Waals surface area contributed by atoms with Crippen molar-refractivity contribution in [2.75, 3.05) is 0 Å². The summed E-state index contributed by atoms with van der Waals surface area (Å²) in [5.41, 5.74) is 0. The molecule has 1 aliphatic carbocycles. The molecule has 1 aliphatic rings. The Labute approximate surface area is 83.4 Å². The van der Waals surface area contributed by atoms with Crippen LogP contribution in [0.2, 0.25) is 0 Å². The van der Waals surface area contributed by atoms with Crippen molar-refractivity contribution < 1.29 is 0 Å². The predicted molar refractivity (Wildman–Crippen MR) is 59.5 cm³/mol. The molecule has 0 aromatic carbocycles. The lowest BCUT2D eigenvalue weighted by atomic mass is 9.79. The van der Waals surface area contributed by atoms with Gasteiger partial charge in [0.25, 0.3) is 0 Å². The zero-order valence-electron chi connectivity index (χ0n) is 8.97. The van der Waals surface area contributed by atoms with Crippen LogP contribution in [0.3, 0.4) is 0 Å². The Kier molecular flexibility index (Phi) is 5.19. The van der Waals surface area contributed by atoms with Gasteiger partial charge in [-0.3, -0.25) is 0 Å². The molecule has 13 heavy (non-hydrogen) atoms. The standard InChI is InChI=1S/C13H23/c1-3-5-6-8-13-10-7-9-12(4-2)11-13/h4,10,12-13H,2-3,5-9,11H2,1H3. The Hall–Kier alpha value is -0.260. The van der Waals surface area contributed by atoms with Crippen molar-refractivity contribution in [3.05, 3.63) is 19.1 Å². The molecule has 2 unspecified atom stereocenters. The van der Waals surface area contributed by atoms with Crippen LogP contribution < -0.4 is 0 Å². The molecule has 0 aromatic rings. The molecule has 0 spiro atoms. The Morgan fingerprint density at radius 1 is 1.46 bits per heavy atom. The molecule has 2 atom stereocenters. The van der Waals surface area contributed by atoms with E-state index in [1.165, 1.54) is 44.9 Å². The first-order valence-corrected chi connectivity index (χ1v) is 5.82. The van der Waals surface area contributed by atoms with Gasteiger partial charge >= 0.3 is 0 Å². The minimum Gasteiger partial charge on any atom is -0.103 e. The Morgan fingerprint density at radius 3 is 3.00 bits per heavy atom. The molecule has 75 valence electrons. The highest BCUT2D eigenvalue weighted by atomic mass is 14.2. The van der Waals surface area contributed by atoms with E-state index in [9.17, 15) is 0 Å². The van der Waals surface area contributed by atoms with E-state index in [4.69, 9.17) is 0 Å². The molecule has 0 bridgehead atoms. The topological polar surface area (TPSA) is 0 Å². The summed E-state index contributed by atoms with van der Waals surface area (Å²) in [7, 11) is 0. The normalized spacial score (nSPS) is 28.7. The van der Waals surface area contributed by atoms with Crippen molar-refractivity contribution >= 4 is 0 Å². The summed E-state index contributed by atoms with van der Waals surface area (Å²) >= 11 is 0. The quantitative estimate of drug-likeness (QED) is 0.434. The van der Waals surface area contributed by atoms with Gasteiger partial charge < -0.3 is 0 Å². The molecule has 0 heterocycles. The first-order valence-electron chi connectivity index (χ1n) is 5.82. The van der Waals surface area contributed by atoms with Gasteiger partial charge in [0.15, 0.2) is 0 Å². The largest absolute Gasteiger partial charge is 0.103 e. The van der Waals surface area contributed by atoms with E-state index in [2.05, 4.69) is 26.0 Å². The van der Waals surface area contributed by atoms with Crippen LogP contribution in [0, 0.1) is 18.3 Å². The zero-order valence-corrected chi connectivity index (χ0v) is 8.97. The maximum Gasteiger partial charge on any atom is -0.0233 e. The van der Waals surface area contributed by atoms with Crippen molar-refractivity contribution in [2.45, 2.75) is 51.9 Å². The summed E-state index contributed by atoms with van der Waals surface area (Å²) in [6.07, 6.45) is 14.3. The number of unbranched alkanes of at least 4 members (excludes halogenated alkanes) is 2. The molecule has 0 heteroatoms. The Bertz CT molecular complexity index is 137. The molecule has 0 aromatic heterocycles. The van der Waals surface area contributed by atoms with E-state index < -0.39 is 0 Å². The van der Waals surface area contributed by atoms with Crippen LogP contribution in [0.15, 0.2) is 12.7 Å². The van der Waals surface area contributed by atoms with Gasteiger partial charge in [-0.15, -0.1) is 6.58 Å². The van der Waals surface area contributed by atoms with E-state index in [1.807, 2.05) is 0 Å². The minimum atomic E-state index is 0.802. The lowest BCUT2D eigenvalue weighted by Crippen LogP contribution is -2.14. The van der Waals surface area contributed by atoms with E-state index in [0.29, 0.717) is 0 Å². The van der Waals surface area contributed by atoms with Crippen molar-refractivity contribution in [2.24, 2.45) is 11.8 Å². The fourth-order valence-corrected chi connectivity index (χ4v) is 2.26. The van der Waals surface area contributed by atoms with Gasteiger partial charge in [0.1, 0.15) is 0 Å². The van der Waals surface area contributed by atoms with Crippen LogP contribution in [-0.2, 0) is 0 Å². The van der Waals surface area contributed by atoms with Gasteiger partial charge in [-0.2, -0.15) is 0 Å². The predicted octanol–water partition coefficient (Wildman–Crippen LogP) is 4.37. The molecule has 0 saturated heterocycles. The minimum absolute atomic E-state index is 0.802. The molecule has 1 saturated carbocycles. The summed E-state index contributed by atoms with van der Waals surface area (Å²) < 4.78 is 0. The number of rotatable bonds is 5. The van der Waals surface area contributed by atoms with Gasteiger partial charge in [-0.1, -0.05) is 38.7 Å². The Balaban J connectivity index is 2.14. The SMILES string of the molecule is C=CC1CC[CH]C(CCCCC)C1. The van der Waals surface area contributed by atoms with E-state index in [0.717, 1.165) is 11.8 Å². The molecule has 0 aliphatic heterocycles. The summed E-state index contributed by atoms with van der Waals surface area (Å²) in [5.74, 6) is 1.69. The monoisotopic (exact) mass is 179 g/mol. The van der Waals surface area contributed by atoms with Gasteiger partial charge in [-0.05, 0) is 37.5 Å². The van der Waals surface area contributed by atoms with Crippen LogP contribution in [0.5, 0.6) is 0 Å². The fraction of sp³-hybridized carbons (Fsp3) is 0.769. The van der Waals surface area contributed by atoms with E-state index in [-0.39, 0.29) is 0 Å². The molecule has 1 radical (unpaired) electrons. The second-order valence-corrected chi connectivity index (χ2v) is 4.30. The highest BCUT2D eigenvalue weighted by Crippen LogP contribution is 2.31. The van der Waals surface area contributed by atoms with Crippen molar-refractivity contribution in [1.29, 1.82) is 0 Å². The molecule has 0 amide bonds. The lowest BCUT2D eigenvalue weighted by molar-refractivity contribution is 0.351. The lowest BCUT2D eigenvalue weighted by Gasteiger charge is -2.26. The maximum atomic E-state index is 3.90. The molecule has 0 N–H and O–H groups in total. The van der Waals surface area contributed by atoms with E-state index in [1.54, 1.807) is 0 Å². The number of hydrogen-bond acceptors (Lipinski definition) is 0. The van der Waals surface area contributed by atoms with Crippen molar-refractivity contribution in [3.8, 4) is 0 Å². The average molecular weight is 179 g/mol. The van der Waals surface area contributed by atoms with Crippen molar-refractivity contribution in [3.63, 3.8) is 0 Å². The first-order chi connectivity index (χ1) is 6.36. The average Bonchev–Trinajstić information content (AvgIpc) is 2.19. The summed E-state index contributed by atoms with van der Waals surface area (Å²) in [5, 5.41) is 0. The second-order valence-electron chi connectivity index (χ2n) is 4.30. The van der Waals surface area contributed by atoms with Gasteiger partial charge in [0.2, 0.25) is 0 Å². The first kappa shape index (κ1) is 10.8. The Morgan fingerprint density at radius 2 is 2.31 bits per heavy atom. The molecule has 0 nitrogen and oxygen atoms in total. The third-order valence-corrected chi connectivity index (χ3v) is 3.15. The highest BCUT2D eigenvalue weighted by molar-refractivity contribution is 4.91. The fourth-order valence-electron chi connectivity index (χ4n) is 2.26. The van der Waals surface area contributed by atoms with E-state index >= 15 is 0 Å². The third kappa shape index (κ3) is 3.97. The number of allylic oxidation sites excluding steroid dienone is 1. The zero-order chi connectivity index (χ0) is 9.52. The molecular weight excluding hydrogens is 156 g/mol. The second kappa shape index (κ2) is 6.23. The summed E-state index contributed by atoms with van der Waals surface area (Å²) in [6, 6.07) is 0. The maximum absolute atomic E-state index is 3.90. The highest BCUT2D eigenvalue weighted by Gasteiger charge is 2.19. The smallest absolute Gasteiger partial charge is 0.0233 e. The van der Waals surface area contributed by atoms with Crippen LogP contribution in [0.25, 0.3) is 0 Å². The number of hydrogen-bond donors (Lipinski definition) is 0. The van der Waals surface area contributed by atoms with Crippen LogP contribution in [0.4, 0.5) is 0 Å². The molecular formula is C13H23. The van der Waals surface area contributed by atoms with Crippen LogP contribution >= 0.6 is 0 Å². The summed E-state index contributed by atoms with van der Waals surface area (Å²) in [4.78, 5) is 0. The third-order valence-electron chi connectivity index (χ3n) is 3.15. The van der Waals surface area contributed by atoms with Crippen molar-refractivity contribution in [1.82, 2.24) is 0 Å². The molecule has 1 fully saturated rings. The summed E-state index contributed by atoms with van der Waals surface area (Å²) in [6.45, 7) is 6.18. The van der Waals surface area contributed by atoms with Gasteiger partial charge in [0, 0.05) is 0 Å². The van der Waals surface area contributed by atoms with Gasteiger partial charge in [0.05, 0.1) is 0 Å². The van der Waals surface area contributed by atoms with Gasteiger partial charge in [-0.25, -0.2) is 0 Å². The molecule has 1 rings (SSSR count). The van der Waals surface area contributed by atoms with Crippen LogP contribution in [-0.4, -0.2) is 0 Å². The van der Waals surface area contributed by atoms with Crippen LogP contribution in [0.1, 0.15) is 51.9 Å².